The molecule has 3 heterocycles. The summed E-state index contributed by atoms with van der Waals surface area (Å²) in [6.07, 6.45) is 6.57. The van der Waals surface area contributed by atoms with Gasteiger partial charge in [-0.3, -0.25) is 4.79 Å². The van der Waals surface area contributed by atoms with Crippen LogP contribution in [0.2, 0.25) is 0 Å². The lowest BCUT2D eigenvalue weighted by Crippen LogP contribution is -2.04. The Morgan fingerprint density at radius 2 is 1.97 bits per heavy atom. The summed E-state index contributed by atoms with van der Waals surface area (Å²) in [4.78, 5) is 19.8. The molecule has 0 spiro atoms. The van der Waals surface area contributed by atoms with Crippen molar-refractivity contribution in [3.05, 3.63) is 46.1 Å². The van der Waals surface area contributed by atoms with Gasteiger partial charge in [0.05, 0.1) is 11.1 Å². The number of hydrogen-bond donors (Lipinski definition) is 0. The van der Waals surface area contributed by atoms with Crippen LogP contribution >= 0.6 is 34.9 Å². The Morgan fingerprint density at radius 1 is 1.17 bits per heavy atom. The average molecular weight is 445 g/mol. The molecule has 29 heavy (non-hydrogen) atoms. The monoisotopic (exact) mass is 444 g/mol. The van der Waals surface area contributed by atoms with Crippen LogP contribution in [0.5, 0.6) is 0 Å². The Labute approximate surface area is 179 Å². The van der Waals surface area contributed by atoms with Gasteiger partial charge in [-0.25, -0.2) is 13.8 Å². The van der Waals surface area contributed by atoms with E-state index in [0.29, 0.717) is 10.7 Å². The number of benzene rings is 1. The van der Waals surface area contributed by atoms with Crippen molar-refractivity contribution >= 4 is 56.5 Å². The summed E-state index contributed by atoms with van der Waals surface area (Å²) in [5.74, 6) is -0.212. The van der Waals surface area contributed by atoms with Gasteiger partial charge in [0.25, 0.3) is 0 Å². The first kappa shape index (κ1) is 19.0. The van der Waals surface area contributed by atoms with Crippen molar-refractivity contribution in [2.75, 3.05) is 12.0 Å². The summed E-state index contributed by atoms with van der Waals surface area (Å²) >= 11 is 4.66. The minimum Gasteiger partial charge on any atom is -0.293 e. The molecule has 0 unspecified atom stereocenters. The van der Waals surface area contributed by atoms with Gasteiger partial charge >= 0.3 is 0 Å². The van der Waals surface area contributed by atoms with Crippen LogP contribution in [-0.4, -0.2) is 37.4 Å². The number of aromatic nitrogens is 4. The standard InChI is InChI=1S/C20H17FN4OS3/c1-27-19-22-18-16(13-4-2-3-5-15(13)29-18)17-23-24-20(25(17)19)28-10-14(26)11-6-8-12(21)9-7-11/h6-9H,2-5,10H2,1H3. The molecular formula is C20H17FN4OS3. The molecule has 3 aromatic heterocycles. The number of carbonyl (C=O) groups excluding carboxylic acids is 1. The predicted molar refractivity (Wildman–Crippen MR) is 116 cm³/mol. The first-order valence-corrected chi connectivity index (χ1v) is 12.3. The van der Waals surface area contributed by atoms with Crippen LogP contribution in [0.25, 0.3) is 15.9 Å². The number of nitrogens with zero attached hydrogens (tertiary/aromatic N) is 4. The van der Waals surface area contributed by atoms with E-state index in [9.17, 15) is 9.18 Å². The van der Waals surface area contributed by atoms with Gasteiger partial charge in [-0.05, 0) is 61.8 Å². The average Bonchev–Trinajstić information content (AvgIpc) is 3.32. The van der Waals surface area contributed by atoms with Gasteiger partial charge < -0.3 is 0 Å². The van der Waals surface area contributed by atoms with E-state index >= 15 is 0 Å². The van der Waals surface area contributed by atoms with Gasteiger partial charge in [0.15, 0.2) is 21.7 Å². The fourth-order valence-electron chi connectivity index (χ4n) is 3.68. The van der Waals surface area contributed by atoms with Crippen molar-refractivity contribution in [1.29, 1.82) is 0 Å². The van der Waals surface area contributed by atoms with Gasteiger partial charge in [0, 0.05) is 10.4 Å². The minimum atomic E-state index is -0.351. The highest BCUT2D eigenvalue weighted by molar-refractivity contribution is 8.00. The van der Waals surface area contributed by atoms with Crippen molar-refractivity contribution in [3.8, 4) is 0 Å². The summed E-state index contributed by atoms with van der Waals surface area (Å²) in [6, 6.07) is 5.62. The molecule has 9 heteroatoms. The van der Waals surface area contributed by atoms with Crippen LogP contribution in [-0.2, 0) is 12.8 Å². The maximum Gasteiger partial charge on any atom is 0.198 e. The summed E-state index contributed by atoms with van der Waals surface area (Å²) in [5, 5.41) is 11.5. The number of aryl methyl sites for hydroxylation is 2. The van der Waals surface area contributed by atoms with Gasteiger partial charge in [0.1, 0.15) is 10.6 Å². The smallest absolute Gasteiger partial charge is 0.198 e. The van der Waals surface area contributed by atoms with Crippen molar-refractivity contribution in [2.24, 2.45) is 0 Å². The van der Waals surface area contributed by atoms with E-state index in [4.69, 9.17) is 4.98 Å². The zero-order valence-corrected chi connectivity index (χ0v) is 18.1. The zero-order valence-electron chi connectivity index (χ0n) is 15.6. The van der Waals surface area contributed by atoms with Crippen LogP contribution in [0.15, 0.2) is 34.6 Å². The molecule has 1 aromatic carbocycles. The Morgan fingerprint density at radius 3 is 2.76 bits per heavy atom. The van der Waals surface area contributed by atoms with E-state index in [0.717, 1.165) is 33.9 Å². The maximum absolute atomic E-state index is 13.1. The maximum atomic E-state index is 13.1. The predicted octanol–water partition coefficient (Wildman–Crippen LogP) is 5.05. The molecule has 0 saturated heterocycles. The molecule has 1 aliphatic rings. The SMILES string of the molecule is CSc1nc2sc3c(c2c2nnc(SCC(=O)c4ccc(F)cc4)n12)CCCC3. The fourth-order valence-corrected chi connectivity index (χ4v) is 6.42. The van der Waals surface area contributed by atoms with Crippen LogP contribution in [0, 0.1) is 5.82 Å². The highest BCUT2D eigenvalue weighted by Gasteiger charge is 2.23. The summed E-state index contributed by atoms with van der Waals surface area (Å²) in [7, 11) is 0. The van der Waals surface area contributed by atoms with Gasteiger partial charge in [-0.1, -0.05) is 23.5 Å². The second-order valence-corrected chi connectivity index (χ2v) is 9.65. The topological polar surface area (TPSA) is 60.2 Å². The van der Waals surface area contributed by atoms with E-state index in [1.807, 2.05) is 10.7 Å². The van der Waals surface area contributed by atoms with Gasteiger partial charge in [-0.15, -0.1) is 21.5 Å². The molecule has 1 aliphatic carbocycles. The number of ketones is 1. The molecule has 5 rings (SSSR count). The lowest BCUT2D eigenvalue weighted by molar-refractivity contribution is 0.102. The molecule has 0 atom stereocenters. The van der Waals surface area contributed by atoms with Gasteiger partial charge in [-0.2, -0.15) is 0 Å². The Hall–Kier alpha value is -1.97. The molecule has 0 amide bonds. The summed E-state index contributed by atoms with van der Waals surface area (Å²) in [6.45, 7) is 0. The first-order valence-electron chi connectivity index (χ1n) is 9.30. The second-order valence-electron chi connectivity index (χ2n) is 6.85. The quantitative estimate of drug-likeness (QED) is 0.244. The molecule has 0 aliphatic heterocycles. The van der Waals surface area contributed by atoms with Crippen molar-refractivity contribution in [3.63, 3.8) is 0 Å². The number of rotatable bonds is 5. The number of halogens is 1. The number of carbonyl (C=O) groups is 1. The fraction of sp³-hybridized carbons (Fsp3) is 0.300. The molecule has 148 valence electrons. The van der Waals surface area contributed by atoms with Crippen LogP contribution in [0.1, 0.15) is 33.6 Å². The molecule has 4 aromatic rings. The van der Waals surface area contributed by atoms with E-state index < -0.39 is 0 Å². The number of fused-ring (bicyclic) bond motifs is 5. The Kier molecular flexibility index (Phi) is 5.05. The second kappa shape index (κ2) is 7.70. The van der Waals surface area contributed by atoms with Crippen molar-refractivity contribution in [1.82, 2.24) is 19.6 Å². The molecule has 0 fully saturated rings. The van der Waals surface area contributed by atoms with Crippen LogP contribution in [0.4, 0.5) is 4.39 Å². The number of thioether (sulfide) groups is 2. The number of thiophene rings is 1. The molecule has 0 radical (unpaired) electrons. The zero-order chi connectivity index (χ0) is 20.0. The highest BCUT2D eigenvalue weighted by atomic mass is 32.2. The third kappa shape index (κ3) is 3.35. The largest absolute Gasteiger partial charge is 0.293 e. The molecular weight excluding hydrogens is 427 g/mol. The third-order valence-electron chi connectivity index (χ3n) is 5.08. The Bertz CT molecular complexity index is 1230. The summed E-state index contributed by atoms with van der Waals surface area (Å²) in [5.41, 5.74) is 2.69. The first-order chi connectivity index (χ1) is 14.2. The number of hydrogen-bond acceptors (Lipinski definition) is 7. The van der Waals surface area contributed by atoms with E-state index in [1.54, 1.807) is 23.1 Å². The molecule has 5 nitrogen and oxygen atoms in total. The normalized spacial score (nSPS) is 13.9. The van der Waals surface area contributed by atoms with Crippen molar-refractivity contribution < 1.29 is 9.18 Å². The lowest BCUT2D eigenvalue weighted by atomic mass is 9.97. The van der Waals surface area contributed by atoms with E-state index in [2.05, 4.69) is 10.2 Å². The van der Waals surface area contributed by atoms with Crippen molar-refractivity contribution in [2.45, 2.75) is 36.0 Å². The lowest BCUT2D eigenvalue weighted by Gasteiger charge is -2.10. The van der Waals surface area contributed by atoms with Crippen LogP contribution < -0.4 is 0 Å². The van der Waals surface area contributed by atoms with Crippen LogP contribution in [0.3, 0.4) is 0 Å². The molecule has 0 bridgehead atoms. The summed E-state index contributed by atoms with van der Waals surface area (Å²) < 4.78 is 15.1. The number of Topliss-reactive ketones (excluding diaryl/α,β-unsaturated/α-hetero) is 1. The minimum absolute atomic E-state index is 0.0700. The Balaban J connectivity index is 1.53. The van der Waals surface area contributed by atoms with E-state index in [1.165, 1.54) is 59.3 Å². The van der Waals surface area contributed by atoms with Gasteiger partial charge in [0.2, 0.25) is 0 Å². The van der Waals surface area contributed by atoms with E-state index in [-0.39, 0.29) is 17.4 Å². The molecule has 0 saturated carbocycles. The molecule has 0 N–H and O–H groups in total. The third-order valence-corrected chi connectivity index (χ3v) is 7.83. The highest BCUT2D eigenvalue weighted by Crippen LogP contribution is 2.39.